The van der Waals surface area contributed by atoms with Crippen LogP contribution in [-0.2, 0) is 11.2 Å². The third-order valence-electron chi connectivity index (χ3n) is 2.97. The molecule has 0 aromatic carbocycles. The predicted octanol–water partition coefficient (Wildman–Crippen LogP) is 3.61. The first kappa shape index (κ1) is 17.4. The predicted molar refractivity (Wildman–Crippen MR) is 76.8 cm³/mol. The zero-order chi connectivity index (χ0) is 15.9. The van der Waals surface area contributed by atoms with Crippen molar-refractivity contribution in [3.8, 4) is 5.88 Å². The van der Waals surface area contributed by atoms with Gasteiger partial charge in [-0.25, -0.2) is 13.8 Å². The molecule has 0 aliphatic rings. The molecule has 118 valence electrons. The summed E-state index contributed by atoms with van der Waals surface area (Å²) in [4.78, 5) is 4.17. The SMILES string of the molecule is C=C(O)c1ccc(OCC(F)(F)CC)nc1CCCOC. The molecule has 1 rings (SSSR count). The summed E-state index contributed by atoms with van der Waals surface area (Å²) < 4.78 is 36.3. The van der Waals surface area contributed by atoms with Crippen molar-refractivity contribution in [2.45, 2.75) is 32.1 Å². The highest BCUT2D eigenvalue weighted by Crippen LogP contribution is 2.22. The number of rotatable bonds is 9. The lowest BCUT2D eigenvalue weighted by Crippen LogP contribution is -2.24. The second-order valence-corrected chi connectivity index (χ2v) is 4.68. The molecule has 0 aliphatic heterocycles. The van der Waals surface area contributed by atoms with Crippen LogP contribution < -0.4 is 4.74 Å². The number of alkyl halides is 2. The Morgan fingerprint density at radius 3 is 2.71 bits per heavy atom. The number of aliphatic hydroxyl groups is 1. The van der Waals surface area contributed by atoms with E-state index >= 15 is 0 Å². The lowest BCUT2D eigenvalue weighted by Gasteiger charge is -2.15. The Kier molecular flexibility index (Phi) is 6.55. The summed E-state index contributed by atoms with van der Waals surface area (Å²) in [6, 6.07) is 3.01. The lowest BCUT2D eigenvalue weighted by atomic mass is 10.1. The highest BCUT2D eigenvalue weighted by Gasteiger charge is 2.27. The maximum atomic E-state index is 13.2. The zero-order valence-electron chi connectivity index (χ0n) is 12.4. The highest BCUT2D eigenvalue weighted by molar-refractivity contribution is 5.58. The summed E-state index contributed by atoms with van der Waals surface area (Å²) in [7, 11) is 1.59. The van der Waals surface area contributed by atoms with Crippen molar-refractivity contribution in [2.24, 2.45) is 0 Å². The van der Waals surface area contributed by atoms with Crippen LogP contribution in [0.5, 0.6) is 5.88 Å². The minimum atomic E-state index is -2.88. The maximum absolute atomic E-state index is 13.2. The van der Waals surface area contributed by atoms with Gasteiger partial charge in [0, 0.05) is 31.8 Å². The molecule has 1 N–H and O–H groups in total. The molecule has 0 aliphatic carbocycles. The van der Waals surface area contributed by atoms with Crippen molar-refractivity contribution in [1.29, 1.82) is 0 Å². The Morgan fingerprint density at radius 2 is 2.14 bits per heavy atom. The Morgan fingerprint density at radius 1 is 1.43 bits per heavy atom. The molecule has 6 heteroatoms. The van der Waals surface area contributed by atoms with Gasteiger partial charge in [-0.05, 0) is 18.9 Å². The Hall–Kier alpha value is -1.69. The van der Waals surface area contributed by atoms with Crippen LogP contribution in [0, 0.1) is 0 Å². The second kappa shape index (κ2) is 7.93. The van der Waals surface area contributed by atoms with Gasteiger partial charge in [0.2, 0.25) is 5.88 Å². The summed E-state index contributed by atoms with van der Waals surface area (Å²) in [5, 5.41) is 9.52. The summed E-state index contributed by atoms with van der Waals surface area (Å²) in [5.74, 6) is -2.88. The molecule has 1 aromatic heterocycles. The first-order chi connectivity index (χ1) is 9.89. The molecule has 0 saturated carbocycles. The van der Waals surface area contributed by atoms with E-state index in [9.17, 15) is 13.9 Å². The van der Waals surface area contributed by atoms with Gasteiger partial charge in [-0.1, -0.05) is 13.5 Å². The average molecular weight is 301 g/mol. The number of hydrogen-bond acceptors (Lipinski definition) is 4. The standard InChI is InChI=1S/C15H21F2NO3/c1-4-15(16,17)10-21-14-8-7-12(11(2)19)13(18-14)6-5-9-20-3/h7-8,19H,2,4-6,9-10H2,1,3H3. The van der Waals surface area contributed by atoms with Crippen LogP contribution in [0.4, 0.5) is 8.78 Å². The monoisotopic (exact) mass is 301 g/mol. The van der Waals surface area contributed by atoms with E-state index in [2.05, 4.69) is 11.6 Å². The van der Waals surface area contributed by atoms with Crippen LogP contribution in [0.2, 0.25) is 0 Å². The summed E-state index contributed by atoms with van der Waals surface area (Å²) >= 11 is 0. The van der Waals surface area contributed by atoms with Crippen molar-refractivity contribution >= 4 is 5.76 Å². The van der Waals surface area contributed by atoms with Gasteiger partial charge in [-0.2, -0.15) is 0 Å². The van der Waals surface area contributed by atoms with E-state index in [1.807, 2.05) is 0 Å². The minimum Gasteiger partial charge on any atom is -0.508 e. The van der Waals surface area contributed by atoms with Gasteiger partial charge in [-0.3, -0.25) is 0 Å². The number of pyridine rings is 1. The molecule has 0 bridgehead atoms. The topological polar surface area (TPSA) is 51.6 Å². The average Bonchev–Trinajstić information content (AvgIpc) is 2.45. The van der Waals surface area contributed by atoms with E-state index < -0.39 is 12.5 Å². The smallest absolute Gasteiger partial charge is 0.281 e. The third kappa shape index (κ3) is 5.67. The van der Waals surface area contributed by atoms with E-state index in [0.29, 0.717) is 30.7 Å². The van der Waals surface area contributed by atoms with Crippen LogP contribution in [0.15, 0.2) is 18.7 Å². The fraction of sp³-hybridized carbons (Fsp3) is 0.533. The molecule has 0 spiro atoms. The van der Waals surface area contributed by atoms with Gasteiger partial charge in [0.1, 0.15) is 5.76 Å². The maximum Gasteiger partial charge on any atom is 0.281 e. The van der Waals surface area contributed by atoms with Crippen molar-refractivity contribution < 1.29 is 23.4 Å². The fourth-order valence-electron chi connectivity index (χ4n) is 1.68. The van der Waals surface area contributed by atoms with Crippen molar-refractivity contribution in [2.75, 3.05) is 20.3 Å². The first-order valence-electron chi connectivity index (χ1n) is 6.77. The number of hydrogen-bond donors (Lipinski definition) is 1. The number of aromatic nitrogens is 1. The number of halogens is 2. The molecule has 21 heavy (non-hydrogen) atoms. The minimum absolute atomic E-state index is 0.111. The second-order valence-electron chi connectivity index (χ2n) is 4.68. The van der Waals surface area contributed by atoms with Crippen molar-refractivity contribution in [3.05, 3.63) is 30.0 Å². The van der Waals surface area contributed by atoms with E-state index in [1.165, 1.54) is 13.0 Å². The lowest BCUT2D eigenvalue weighted by molar-refractivity contribution is -0.0448. The quantitative estimate of drug-likeness (QED) is 0.559. The van der Waals surface area contributed by atoms with Gasteiger partial charge in [0.15, 0.2) is 6.61 Å². The molecule has 0 unspecified atom stereocenters. The normalized spacial score (nSPS) is 11.4. The van der Waals surface area contributed by atoms with Gasteiger partial charge >= 0.3 is 0 Å². The molecule has 0 amide bonds. The van der Waals surface area contributed by atoms with Gasteiger partial charge in [-0.15, -0.1) is 0 Å². The summed E-state index contributed by atoms with van der Waals surface area (Å²) in [6.07, 6.45) is 0.932. The van der Waals surface area contributed by atoms with Crippen LogP contribution in [-0.4, -0.2) is 36.3 Å². The molecule has 0 saturated heterocycles. The van der Waals surface area contributed by atoms with Crippen LogP contribution >= 0.6 is 0 Å². The van der Waals surface area contributed by atoms with E-state index in [0.717, 1.165) is 0 Å². The molecular weight excluding hydrogens is 280 g/mol. The zero-order valence-corrected chi connectivity index (χ0v) is 12.4. The van der Waals surface area contributed by atoms with Gasteiger partial charge < -0.3 is 14.6 Å². The fourth-order valence-corrected chi connectivity index (χ4v) is 1.68. The largest absolute Gasteiger partial charge is 0.508 e. The molecule has 1 heterocycles. The van der Waals surface area contributed by atoms with Crippen LogP contribution in [0.3, 0.4) is 0 Å². The molecule has 0 radical (unpaired) electrons. The molecular formula is C15H21F2NO3. The number of methoxy groups -OCH3 is 1. The van der Waals surface area contributed by atoms with Gasteiger partial charge in [0.25, 0.3) is 5.92 Å². The van der Waals surface area contributed by atoms with Crippen LogP contribution in [0.25, 0.3) is 5.76 Å². The Balaban J connectivity index is 2.82. The molecule has 1 aromatic rings. The first-order valence-corrected chi connectivity index (χ1v) is 6.77. The van der Waals surface area contributed by atoms with Gasteiger partial charge in [0.05, 0.1) is 5.69 Å². The van der Waals surface area contributed by atoms with Crippen molar-refractivity contribution in [3.63, 3.8) is 0 Å². The van der Waals surface area contributed by atoms with Crippen molar-refractivity contribution in [1.82, 2.24) is 4.98 Å². The number of nitrogens with zero attached hydrogens (tertiary/aromatic N) is 1. The Bertz CT molecular complexity index is 478. The molecule has 0 atom stereocenters. The van der Waals surface area contributed by atoms with E-state index in [4.69, 9.17) is 9.47 Å². The molecule has 4 nitrogen and oxygen atoms in total. The highest BCUT2D eigenvalue weighted by atomic mass is 19.3. The van der Waals surface area contributed by atoms with E-state index in [-0.39, 0.29) is 18.1 Å². The summed E-state index contributed by atoms with van der Waals surface area (Å²) in [6.45, 7) is 4.69. The Labute approximate surface area is 123 Å². The van der Waals surface area contributed by atoms with Crippen LogP contribution in [0.1, 0.15) is 31.0 Å². The van der Waals surface area contributed by atoms with E-state index in [1.54, 1.807) is 13.2 Å². The number of aryl methyl sites for hydroxylation is 1. The number of aliphatic hydroxyl groups excluding tert-OH is 1. The third-order valence-corrected chi connectivity index (χ3v) is 2.97. The molecule has 0 fully saturated rings. The summed E-state index contributed by atoms with van der Waals surface area (Å²) in [5.41, 5.74) is 1.04. The number of ether oxygens (including phenoxy) is 2.